The summed E-state index contributed by atoms with van der Waals surface area (Å²) in [5.41, 5.74) is 5.20. The molecule has 0 unspecified atom stereocenters. The van der Waals surface area contributed by atoms with Crippen molar-refractivity contribution in [3.8, 4) is 16.9 Å². The molecule has 1 aromatic heterocycles. The fourth-order valence-corrected chi connectivity index (χ4v) is 4.71. The molecule has 7 heteroatoms. The monoisotopic (exact) mass is 461 g/mol. The number of rotatable bonds is 4. The molecule has 2 amide bonds. The molecule has 0 saturated heterocycles. The zero-order chi connectivity index (χ0) is 22.9. The SMILES string of the molecule is COc1ccc2c(c1)CN(C(=O)CN1C(=O)CCc3cc(-c4cccc(Cl)c4)cnc31)CC2. The summed E-state index contributed by atoms with van der Waals surface area (Å²) in [6, 6.07) is 15.6. The fourth-order valence-electron chi connectivity index (χ4n) is 4.52. The van der Waals surface area contributed by atoms with E-state index in [1.807, 2.05) is 47.4 Å². The van der Waals surface area contributed by atoms with E-state index in [4.69, 9.17) is 16.3 Å². The average Bonchev–Trinajstić information content (AvgIpc) is 2.84. The molecule has 3 heterocycles. The number of carbonyl (C=O) groups is 2. The number of anilines is 1. The molecule has 6 nitrogen and oxygen atoms in total. The predicted octanol–water partition coefficient (Wildman–Crippen LogP) is 4.27. The third kappa shape index (κ3) is 4.31. The van der Waals surface area contributed by atoms with Gasteiger partial charge in [0.15, 0.2) is 0 Å². The smallest absolute Gasteiger partial charge is 0.243 e. The van der Waals surface area contributed by atoms with Gasteiger partial charge in [-0.3, -0.25) is 14.5 Å². The minimum atomic E-state index is -0.0783. The van der Waals surface area contributed by atoms with E-state index >= 15 is 0 Å². The summed E-state index contributed by atoms with van der Waals surface area (Å²) in [5.74, 6) is 1.20. The quantitative estimate of drug-likeness (QED) is 0.582. The van der Waals surface area contributed by atoms with E-state index in [9.17, 15) is 9.59 Å². The molecule has 0 spiro atoms. The Morgan fingerprint density at radius 1 is 1.03 bits per heavy atom. The van der Waals surface area contributed by atoms with E-state index in [-0.39, 0.29) is 18.4 Å². The van der Waals surface area contributed by atoms with E-state index in [0.717, 1.165) is 34.4 Å². The highest BCUT2D eigenvalue weighted by Crippen LogP contribution is 2.31. The van der Waals surface area contributed by atoms with Gasteiger partial charge < -0.3 is 9.64 Å². The van der Waals surface area contributed by atoms with Gasteiger partial charge in [-0.25, -0.2) is 4.98 Å². The number of halogens is 1. The fraction of sp³-hybridized carbons (Fsp3) is 0.269. The van der Waals surface area contributed by atoms with Gasteiger partial charge in [0.25, 0.3) is 0 Å². The van der Waals surface area contributed by atoms with Crippen molar-refractivity contribution in [3.63, 3.8) is 0 Å². The first-order chi connectivity index (χ1) is 16.0. The molecule has 0 atom stereocenters. The van der Waals surface area contributed by atoms with Crippen molar-refractivity contribution < 1.29 is 14.3 Å². The van der Waals surface area contributed by atoms with Gasteiger partial charge in [-0.15, -0.1) is 0 Å². The van der Waals surface area contributed by atoms with Gasteiger partial charge in [0.2, 0.25) is 11.8 Å². The number of aromatic nitrogens is 1. The standard InChI is InChI=1S/C26H24ClN3O3/c1-33-23-7-5-17-9-10-29(15-21(17)13-23)25(32)16-30-24(31)8-6-19-11-20(14-28-26(19)30)18-3-2-4-22(27)12-18/h2-5,7,11-14H,6,8-10,15-16H2,1H3. The molecule has 2 aliphatic rings. The molecule has 0 bridgehead atoms. The molecule has 2 aromatic carbocycles. The summed E-state index contributed by atoms with van der Waals surface area (Å²) in [6.07, 6.45) is 3.50. The van der Waals surface area contributed by atoms with Crippen LogP contribution in [-0.2, 0) is 29.0 Å². The Kier molecular flexibility index (Phi) is 5.77. The summed E-state index contributed by atoms with van der Waals surface area (Å²) in [7, 11) is 1.64. The summed E-state index contributed by atoms with van der Waals surface area (Å²) < 4.78 is 5.33. The second kappa shape index (κ2) is 8.87. The van der Waals surface area contributed by atoms with Gasteiger partial charge in [-0.2, -0.15) is 0 Å². The van der Waals surface area contributed by atoms with E-state index in [0.29, 0.717) is 36.8 Å². The Morgan fingerprint density at radius 3 is 2.73 bits per heavy atom. The van der Waals surface area contributed by atoms with Crippen LogP contribution in [0.25, 0.3) is 11.1 Å². The van der Waals surface area contributed by atoms with Crippen molar-refractivity contribution >= 4 is 29.2 Å². The van der Waals surface area contributed by atoms with Crippen molar-refractivity contribution in [1.82, 2.24) is 9.88 Å². The second-order valence-electron chi connectivity index (χ2n) is 8.40. The van der Waals surface area contributed by atoms with Crippen molar-refractivity contribution in [3.05, 3.63) is 76.4 Å². The lowest BCUT2D eigenvalue weighted by atomic mass is 9.99. The molecule has 168 valence electrons. The number of ether oxygens (including phenoxy) is 1. The lowest BCUT2D eigenvalue weighted by molar-refractivity contribution is -0.132. The summed E-state index contributed by atoms with van der Waals surface area (Å²) >= 11 is 6.14. The molecule has 0 saturated carbocycles. The Balaban J connectivity index is 1.36. The first-order valence-corrected chi connectivity index (χ1v) is 11.4. The molecule has 2 aliphatic heterocycles. The van der Waals surface area contributed by atoms with Crippen LogP contribution in [-0.4, -0.2) is 41.9 Å². The Morgan fingerprint density at radius 2 is 1.91 bits per heavy atom. The second-order valence-corrected chi connectivity index (χ2v) is 8.83. The van der Waals surface area contributed by atoms with Crippen molar-refractivity contribution in [1.29, 1.82) is 0 Å². The number of aryl methyl sites for hydroxylation is 1. The van der Waals surface area contributed by atoms with Crippen LogP contribution in [0.5, 0.6) is 5.75 Å². The predicted molar refractivity (Wildman–Crippen MR) is 127 cm³/mol. The third-order valence-corrected chi connectivity index (χ3v) is 6.57. The normalized spacial score (nSPS) is 15.2. The molecule has 0 aliphatic carbocycles. The maximum Gasteiger partial charge on any atom is 0.243 e. The summed E-state index contributed by atoms with van der Waals surface area (Å²) in [6.45, 7) is 1.14. The number of fused-ring (bicyclic) bond motifs is 2. The number of amides is 2. The van der Waals surface area contributed by atoms with Gasteiger partial charge in [0.1, 0.15) is 18.1 Å². The average molecular weight is 462 g/mol. The number of hydrogen-bond acceptors (Lipinski definition) is 4. The van der Waals surface area contributed by atoms with Crippen LogP contribution in [0.15, 0.2) is 54.7 Å². The highest BCUT2D eigenvalue weighted by Gasteiger charge is 2.30. The van der Waals surface area contributed by atoms with Gasteiger partial charge in [-0.05, 0) is 65.4 Å². The number of nitrogens with zero attached hydrogens (tertiary/aromatic N) is 3. The Labute approximate surface area is 197 Å². The van der Waals surface area contributed by atoms with Gasteiger partial charge in [0.05, 0.1) is 7.11 Å². The zero-order valence-electron chi connectivity index (χ0n) is 18.4. The van der Waals surface area contributed by atoms with Crippen LogP contribution in [0.3, 0.4) is 0 Å². The van der Waals surface area contributed by atoms with Crippen LogP contribution in [0, 0.1) is 0 Å². The molecular weight excluding hydrogens is 438 g/mol. The van der Waals surface area contributed by atoms with Gasteiger partial charge in [0, 0.05) is 36.3 Å². The zero-order valence-corrected chi connectivity index (χ0v) is 19.1. The van der Waals surface area contributed by atoms with E-state index in [1.54, 1.807) is 13.3 Å². The highest BCUT2D eigenvalue weighted by atomic mass is 35.5. The number of methoxy groups -OCH3 is 1. The molecule has 0 radical (unpaired) electrons. The van der Waals surface area contributed by atoms with Crippen LogP contribution in [0.1, 0.15) is 23.1 Å². The minimum Gasteiger partial charge on any atom is -0.497 e. The Bertz CT molecular complexity index is 1240. The number of carbonyl (C=O) groups excluding carboxylic acids is 2. The lowest BCUT2D eigenvalue weighted by Gasteiger charge is -2.33. The molecular formula is C26H24ClN3O3. The largest absolute Gasteiger partial charge is 0.497 e. The first-order valence-electron chi connectivity index (χ1n) is 11.0. The number of benzene rings is 2. The maximum absolute atomic E-state index is 13.2. The van der Waals surface area contributed by atoms with Crippen LogP contribution >= 0.6 is 11.6 Å². The van der Waals surface area contributed by atoms with Gasteiger partial charge >= 0.3 is 0 Å². The highest BCUT2D eigenvalue weighted by molar-refractivity contribution is 6.30. The van der Waals surface area contributed by atoms with E-state index < -0.39 is 0 Å². The number of hydrogen-bond donors (Lipinski definition) is 0. The topological polar surface area (TPSA) is 62.7 Å². The maximum atomic E-state index is 13.2. The van der Waals surface area contributed by atoms with Crippen molar-refractivity contribution in [2.45, 2.75) is 25.8 Å². The van der Waals surface area contributed by atoms with Crippen molar-refractivity contribution in [2.75, 3.05) is 25.1 Å². The first kappa shape index (κ1) is 21.5. The number of pyridine rings is 1. The molecule has 0 fully saturated rings. The molecule has 0 N–H and O–H groups in total. The third-order valence-electron chi connectivity index (χ3n) is 6.34. The molecule has 3 aromatic rings. The van der Waals surface area contributed by atoms with Crippen LogP contribution in [0.2, 0.25) is 5.02 Å². The van der Waals surface area contributed by atoms with E-state index in [1.165, 1.54) is 10.5 Å². The van der Waals surface area contributed by atoms with Crippen molar-refractivity contribution in [2.24, 2.45) is 0 Å². The lowest BCUT2D eigenvalue weighted by Crippen LogP contribution is -2.46. The molecule has 5 rings (SSSR count). The van der Waals surface area contributed by atoms with E-state index in [2.05, 4.69) is 11.1 Å². The minimum absolute atomic E-state index is 0.00531. The summed E-state index contributed by atoms with van der Waals surface area (Å²) in [4.78, 5) is 33.8. The van der Waals surface area contributed by atoms with Gasteiger partial charge in [-0.1, -0.05) is 29.8 Å². The Hall–Kier alpha value is -3.38. The van der Waals surface area contributed by atoms with Crippen LogP contribution in [0.4, 0.5) is 5.82 Å². The molecule has 33 heavy (non-hydrogen) atoms. The summed E-state index contributed by atoms with van der Waals surface area (Å²) in [5, 5.41) is 0.661. The van der Waals surface area contributed by atoms with Crippen LogP contribution < -0.4 is 9.64 Å².